The zero-order valence-electron chi connectivity index (χ0n) is 8.34. The molecule has 4 atom stereocenters. The first kappa shape index (κ1) is 8.55. The molecule has 0 aromatic carbocycles. The Labute approximate surface area is 75.9 Å². The van der Waals surface area contributed by atoms with Gasteiger partial charge in [0.25, 0.3) is 0 Å². The lowest BCUT2D eigenvalue weighted by atomic mass is 9.66. The van der Waals surface area contributed by atoms with E-state index in [1.165, 1.54) is 32.1 Å². The summed E-state index contributed by atoms with van der Waals surface area (Å²) in [6.07, 6.45) is 7.40. The van der Waals surface area contributed by atoms with E-state index in [9.17, 15) is 0 Å². The van der Waals surface area contributed by atoms with Crippen molar-refractivity contribution in [1.82, 2.24) is 5.32 Å². The Balaban J connectivity index is 2.00. The molecule has 2 aliphatic rings. The SMILES string of the molecule is CNC1CCC2CC(C)CC1C2. The van der Waals surface area contributed by atoms with Gasteiger partial charge in [-0.25, -0.2) is 0 Å². The van der Waals surface area contributed by atoms with Gasteiger partial charge in [0.05, 0.1) is 0 Å². The van der Waals surface area contributed by atoms with E-state index in [1.807, 2.05) is 0 Å². The highest BCUT2D eigenvalue weighted by molar-refractivity contribution is 4.89. The third-order valence-electron chi connectivity index (χ3n) is 3.90. The minimum Gasteiger partial charge on any atom is -0.317 e. The van der Waals surface area contributed by atoms with Gasteiger partial charge >= 0.3 is 0 Å². The molecule has 2 bridgehead atoms. The van der Waals surface area contributed by atoms with Gasteiger partial charge in [0.1, 0.15) is 0 Å². The standard InChI is InChI=1S/C11H21N/c1-8-5-9-3-4-11(12-2)10(6-8)7-9/h8-12H,3-7H2,1-2H3. The maximum atomic E-state index is 3.48. The fourth-order valence-electron chi connectivity index (χ4n) is 3.40. The monoisotopic (exact) mass is 167 g/mol. The molecule has 0 aliphatic heterocycles. The molecule has 1 heteroatoms. The van der Waals surface area contributed by atoms with Gasteiger partial charge in [-0.2, -0.15) is 0 Å². The van der Waals surface area contributed by atoms with Crippen LogP contribution in [-0.4, -0.2) is 13.1 Å². The summed E-state index contributed by atoms with van der Waals surface area (Å²) in [5.41, 5.74) is 0. The van der Waals surface area contributed by atoms with E-state index in [1.54, 1.807) is 0 Å². The highest BCUT2D eigenvalue weighted by Gasteiger charge is 2.34. The third-order valence-corrected chi connectivity index (χ3v) is 3.90. The Morgan fingerprint density at radius 1 is 1.08 bits per heavy atom. The molecule has 0 aromatic rings. The zero-order valence-corrected chi connectivity index (χ0v) is 8.34. The van der Waals surface area contributed by atoms with Crippen LogP contribution in [0.5, 0.6) is 0 Å². The van der Waals surface area contributed by atoms with Crippen molar-refractivity contribution in [1.29, 1.82) is 0 Å². The minimum atomic E-state index is 0.837. The molecule has 2 aliphatic carbocycles. The van der Waals surface area contributed by atoms with Crippen LogP contribution in [-0.2, 0) is 0 Å². The van der Waals surface area contributed by atoms with Crippen LogP contribution < -0.4 is 5.32 Å². The number of nitrogens with one attached hydrogen (secondary N) is 1. The van der Waals surface area contributed by atoms with Gasteiger partial charge in [0.15, 0.2) is 0 Å². The van der Waals surface area contributed by atoms with Crippen LogP contribution in [0.1, 0.15) is 39.0 Å². The fourth-order valence-corrected chi connectivity index (χ4v) is 3.40. The Morgan fingerprint density at radius 3 is 2.67 bits per heavy atom. The molecule has 2 rings (SSSR count). The van der Waals surface area contributed by atoms with Gasteiger partial charge in [-0.15, -0.1) is 0 Å². The van der Waals surface area contributed by atoms with Crippen LogP contribution in [0.25, 0.3) is 0 Å². The quantitative estimate of drug-likeness (QED) is 0.632. The molecule has 70 valence electrons. The Kier molecular flexibility index (Phi) is 2.40. The maximum absolute atomic E-state index is 3.48. The van der Waals surface area contributed by atoms with E-state index < -0.39 is 0 Å². The van der Waals surface area contributed by atoms with Crippen LogP contribution in [0.2, 0.25) is 0 Å². The molecule has 0 spiro atoms. The molecule has 0 radical (unpaired) electrons. The molecule has 2 fully saturated rings. The molecule has 0 heterocycles. The molecule has 1 nitrogen and oxygen atoms in total. The van der Waals surface area contributed by atoms with Crippen LogP contribution in [0.4, 0.5) is 0 Å². The lowest BCUT2D eigenvalue weighted by Gasteiger charge is -2.42. The number of hydrogen-bond donors (Lipinski definition) is 1. The van der Waals surface area contributed by atoms with Crippen molar-refractivity contribution >= 4 is 0 Å². The molecular weight excluding hydrogens is 146 g/mol. The summed E-state index contributed by atoms with van der Waals surface area (Å²) >= 11 is 0. The molecule has 0 saturated heterocycles. The van der Waals surface area contributed by atoms with Crippen molar-refractivity contribution in [2.45, 2.75) is 45.1 Å². The summed E-state index contributed by atoms with van der Waals surface area (Å²) in [5, 5.41) is 3.48. The average Bonchev–Trinajstić information content (AvgIpc) is 2.04. The average molecular weight is 167 g/mol. The largest absolute Gasteiger partial charge is 0.317 e. The lowest BCUT2D eigenvalue weighted by molar-refractivity contribution is 0.113. The van der Waals surface area contributed by atoms with Crippen molar-refractivity contribution in [3.8, 4) is 0 Å². The summed E-state index contributed by atoms with van der Waals surface area (Å²) in [6, 6.07) is 0.837. The van der Waals surface area contributed by atoms with Gasteiger partial charge in [-0.3, -0.25) is 0 Å². The summed E-state index contributed by atoms with van der Waals surface area (Å²) < 4.78 is 0. The zero-order chi connectivity index (χ0) is 8.55. The Morgan fingerprint density at radius 2 is 1.92 bits per heavy atom. The topological polar surface area (TPSA) is 12.0 Å². The van der Waals surface area contributed by atoms with Crippen molar-refractivity contribution in [3.63, 3.8) is 0 Å². The number of fused-ring (bicyclic) bond motifs is 2. The minimum absolute atomic E-state index is 0.837. The van der Waals surface area contributed by atoms with Crippen molar-refractivity contribution in [3.05, 3.63) is 0 Å². The summed E-state index contributed by atoms with van der Waals surface area (Å²) in [7, 11) is 2.13. The molecule has 2 saturated carbocycles. The van der Waals surface area contributed by atoms with Crippen molar-refractivity contribution < 1.29 is 0 Å². The van der Waals surface area contributed by atoms with E-state index in [-0.39, 0.29) is 0 Å². The lowest BCUT2D eigenvalue weighted by Crippen LogP contribution is -2.42. The first-order chi connectivity index (χ1) is 5.79. The highest BCUT2D eigenvalue weighted by atomic mass is 14.9. The van der Waals surface area contributed by atoms with Crippen LogP contribution in [0.3, 0.4) is 0 Å². The van der Waals surface area contributed by atoms with Gasteiger partial charge < -0.3 is 5.32 Å². The van der Waals surface area contributed by atoms with Gasteiger partial charge in [-0.05, 0) is 56.9 Å². The van der Waals surface area contributed by atoms with Crippen LogP contribution >= 0.6 is 0 Å². The van der Waals surface area contributed by atoms with E-state index in [0.29, 0.717) is 0 Å². The third kappa shape index (κ3) is 1.52. The molecule has 0 aromatic heterocycles. The van der Waals surface area contributed by atoms with Gasteiger partial charge in [-0.1, -0.05) is 6.92 Å². The summed E-state index contributed by atoms with van der Waals surface area (Å²) in [4.78, 5) is 0. The van der Waals surface area contributed by atoms with E-state index in [2.05, 4.69) is 19.3 Å². The second kappa shape index (κ2) is 3.37. The summed E-state index contributed by atoms with van der Waals surface area (Å²) in [5.74, 6) is 3.06. The van der Waals surface area contributed by atoms with E-state index in [4.69, 9.17) is 0 Å². The first-order valence-electron chi connectivity index (χ1n) is 5.47. The van der Waals surface area contributed by atoms with Crippen molar-refractivity contribution in [2.24, 2.45) is 17.8 Å². The molecule has 0 amide bonds. The molecule has 4 unspecified atom stereocenters. The van der Waals surface area contributed by atoms with Gasteiger partial charge in [0.2, 0.25) is 0 Å². The number of hydrogen-bond acceptors (Lipinski definition) is 1. The second-order valence-corrected chi connectivity index (χ2v) is 4.91. The predicted octanol–water partition coefficient (Wildman–Crippen LogP) is 2.42. The Hall–Kier alpha value is -0.0400. The van der Waals surface area contributed by atoms with Crippen LogP contribution in [0.15, 0.2) is 0 Å². The van der Waals surface area contributed by atoms with Gasteiger partial charge in [0, 0.05) is 6.04 Å². The fraction of sp³-hybridized carbons (Fsp3) is 1.00. The summed E-state index contributed by atoms with van der Waals surface area (Å²) in [6.45, 7) is 2.43. The van der Waals surface area contributed by atoms with Crippen LogP contribution in [0, 0.1) is 17.8 Å². The maximum Gasteiger partial charge on any atom is 0.00926 e. The first-order valence-corrected chi connectivity index (χ1v) is 5.47. The molecule has 1 N–H and O–H groups in total. The number of rotatable bonds is 1. The highest BCUT2D eigenvalue weighted by Crippen LogP contribution is 2.42. The Bertz CT molecular complexity index is 153. The van der Waals surface area contributed by atoms with Crippen molar-refractivity contribution in [2.75, 3.05) is 7.05 Å². The predicted molar refractivity (Wildman–Crippen MR) is 52.1 cm³/mol. The molecule has 12 heavy (non-hydrogen) atoms. The second-order valence-electron chi connectivity index (χ2n) is 4.91. The smallest absolute Gasteiger partial charge is 0.00926 e. The van der Waals surface area contributed by atoms with E-state index in [0.717, 1.165) is 23.8 Å². The molecular formula is C11H21N. The normalized spacial score (nSPS) is 47.5. The van der Waals surface area contributed by atoms with E-state index >= 15 is 0 Å².